The molecule has 1 saturated heterocycles. The number of amides is 1. The number of carbonyl (C=O) groups is 2. The highest BCUT2D eigenvalue weighted by molar-refractivity contribution is 6.04. The first-order valence-electron chi connectivity index (χ1n) is 13.2. The van der Waals surface area contributed by atoms with Crippen molar-refractivity contribution in [3.8, 4) is 11.5 Å². The van der Waals surface area contributed by atoms with Crippen molar-refractivity contribution in [2.75, 3.05) is 23.7 Å². The van der Waals surface area contributed by atoms with E-state index in [-0.39, 0.29) is 17.3 Å². The largest absolute Gasteiger partial charge is 0.478 e. The summed E-state index contributed by atoms with van der Waals surface area (Å²) in [5.74, 6) is -0.246. The van der Waals surface area contributed by atoms with Crippen LogP contribution in [-0.2, 0) is 6.54 Å². The maximum Gasteiger partial charge on any atom is 0.335 e. The van der Waals surface area contributed by atoms with E-state index in [1.807, 2.05) is 24.3 Å². The Bertz CT molecular complexity index is 1430. The minimum atomic E-state index is -0.962. The Morgan fingerprint density at radius 3 is 1.93 bits per heavy atom. The number of hydrogen-bond acceptors (Lipinski definition) is 5. The van der Waals surface area contributed by atoms with Gasteiger partial charge in [-0.15, -0.1) is 0 Å². The number of benzene rings is 4. The van der Waals surface area contributed by atoms with Crippen LogP contribution < -0.4 is 15.4 Å². The van der Waals surface area contributed by atoms with E-state index in [2.05, 4.69) is 27.7 Å². The third-order valence-electron chi connectivity index (χ3n) is 6.87. The van der Waals surface area contributed by atoms with Crippen LogP contribution in [0.1, 0.15) is 39.1 Å². The fraction of sp³-hybridized carbons (Fsp3) is 0.188. The molecule has 1 amide bonds. The van der Waals surface area contributed by atoms with E-state index in [0.717, 1.165) is 38.2 Å². The zero-order valence-electron chi connectivity index (χ0n) is 21.8. The van der Waals surface area contributed by atoms with Gasteiger partial charge in [0.05, 0.1) is 5.56 Å². The zero-order chi connectivity index (χ0) is 27.9. The highest BCUT2D eigenvalue weighted by Gasteiger charge is 2.19. The third kappa shape index (κ3) is 7.24. The number of ether oxygens (including phenoxy) is 1. The highest BCUT2D eigenvalue weighted by Crippen LogP contribution is 2.24. The SMILES string of the molecule is O=C(O)c1ccc(Oc2ccc(CN3CCC(Nc4ccc(C(=O)Nc5ccc(F)cc5)cc4)CC3)cc2)cc1. The van der Waals surface area contributed by atoms with Gasteiger partial charge in [-0.1, -0.05) is 12.1 Å². The number of carboxylic acids is 1. The lowest BCUT2D eigenvalue weighted by atomic mass is 10.0. The van der Waals surface area contributed by atoms with Crippen LogP contribution in [0, 0.1) is 5.82 Å². The number of hydrogen-bond donors (Lipinski definition) is 3. The lowest BCUT2D eigenvalue weighted by Crippen LogP contribution is -2.38. The van der Waals surface area contributed by atoms with E-state index in [0.29, 0.717) is 28.8 Å². The number of anilines is 2. The molecular formula is C32H30FN3O4. The summed E-state index contributed by atoms with van der Waals surface area (Å²) >= 11 is 0. The summed E-state index contributed by atoms with van der Waals surface area (Å²) in [7, 11) is 0. The maximum atomic E-state index is 13.1. The van der Waals surface area contributed by atoms with Gasteiger partial charge in [0.1, 0.15) is 17.3 Å². The molecule has 3 N–H and O–H groups in total. The van der Waals surface area contributed by atoms with Crippen LogP contribution >= 0.6 is 0 Å². The van der Waals surface area contributed by atoms with E-state index >= 15 is 0 Å². The molecular weight excluding hydrogens is 509 g/mol. The molecule has 204 valence electrons. The van der Waals surface area contributed by atoms with E-state index in [9.17, 15) is 14.0 Å². The Labute approximate surface area is 232 Å². The van der Waals surface area contributed by atoms with Crippen molar-refractivity contribution >= 4 is 23.3 Å². The zero-order valence-corrected chi connectivity index (χ0v) is 21.8. The lowest BCUT2D eigenvalue weighted by Gasteiger charge is -2.33. The quantitative estimate of drug-likeness (QED) is 0.221. The van der Waals surface area contributed by atoms with Crippen LogP contribution in [-0.4, -0.2) is 41.0 Å². The van der Waals surface area contributed by atoms with E-state index in [1.165, 1.54) is 42.0 Å². The van der Waals surface area contributed by atoms with E-state index in [4.69, 9.17) is 9.84 Å². The Morgan fingerprint density at radius 2 is 1.32 bits per heavy atom. The smallest absolute Gasteiger partial charge is 0.335 e. The van der Waals surface area contributed by atoms with Crippen molar-refractivity contribution in [1.82, 2.24) is 4.90 Å². The number of nitrogens with zero attached hydrogens (tertiary/aromatic N) is 1. The second-order valence-electron chi connectivity index (χ2n) is 9.81. The number of aromatic carboxylic acids is 1. The van der Waals surface area contributed by atoms with Crippen molar-refractivity contribution in [2.24, 2.45) is 0 Å². The van der Waals surface area contributed by atoms with Gasteiger partial charge in [-0.25, -0.2) is 9.18 Å². The highest BCUT2D eigenvalue weighted by atomic mass is 19.1. The fourth-order valence-corrected chi connectivity index (χ4v) is 4.65. The molecule has 0 spiro atoms. The van der Waals surface area contributed by atoms with Gasteiger partial charge in [-0.2, -0.15) is 0 Å². The first-order valence-corrected chi connectivity index (χ1v) is 13.2. The predicted molar refractivity (Wildman–Crippen MR) is 153 cm³/mol. The molecule has 5 rings (SSSR count). The summed E-state index contributed by atoms with van der Waals surface area (Å²) in [6.45, 7) is 2.81. The summed E-state index contributed by atoms with van der Waals surface area (Å²) in [5, 5.41) is 15.4. The van der Waals surface area contributed by atoms with Gasteiger partial charge in [-0.3, -0.25) is 9.69 Å². The van der Waals surface area contributed by atoms with Crippen molar-refractivity contribution < 1.29 is 23.8 Å². The molecule has 0 atom stereocenters. The van der Waals surface area contributed by atoms with Crippen molar-refractivity contribution in [2.45, 2.75) is 25.4 Å². The Kier molecular flexibility index (Phi) is 8.37. The molecule has 1 heterocycles. The van der Waals surface area contributed by atoms with Crippen LogP contribution in [0.3, 0.4) is 0 Å². The summed E-state index contributed by atoms with van der Waals surface area (Å²) in [6.07, 6.45) is 2.03. The van der Waals surface area contributed by atoms with Gasteiger partial charge in [0.25, 0.3) is 5.91 Å². The van der Waals surface area contributed by atoms with Gasteiger partial charge in [0.15, 0.2) is 0 Å². The van der Waals surface area contributed by atoms with Gasteiger partial charge in [-0.05, 0) is 103 Å². The molecule has 7 nitrogen and oxygen atoms in total. The molecule has 1 aliphatic rings. The maximum absolute atomic E-state index is 13.1. The summed E-state index contributed by atoms with van der Waals surface area (Å²) < 4.78 is 18.9. The van der Waals surface area contributed by atoms with Crippen LogP contribution in [0.25, 0.3) is 0 Å². The van der Waals surface area contributed by atoms with E-state index < -0.39 is 5.97 Å². The van der Waals surface area contributed by atoms with Crippen LogP contribution in [0.4, 0.5) is 15.8 Å². The van der Waals surface area contributed by atoms with Gasteiger partial charge >= 0.3 is 5.97 Å². The average Bonchev–Trinajstić information content (AvgIpc) is 2.97. The number of piperidine rings is 1. The monoisotopic (exact) mass is 539 g/mol. The standard InChI is InChI=1S/C32H30FN3O4/c33-25-7-11-27(12-8-25)35-31(37)23-3-9-26(10-4-23)34-28-17-19-36(20-18-28)21-22-1-13-29(14-2-22)40-30-15-5-24(6-16-30)32(38)39/h1-16,28,34H,17-21H2,(H,35,37)(H,38,39). The number of rotatable bonds is 9. The van der Waals surface area contributed by atoms with Crippen molar-refractivity contribution in [1.29, 1.82) is 0 Å². The molecule has 0 bridgehead atoms. The molecule has 0 aliphatic carbocycles. The Morgan fingerprint density at radius 1 is 0.775 bits per heavy atom. The van der Waals surface area contributed by atoms with Crippen molar-refractivity contribution in [3.63, 3.8) is 0 Å². The second-order valence-corrected chi connectivity index (χ2v) is 9.81. The predicted octanol–water partition coefficient (Wildman–Crippen LogP) is 6.65. The average molecular weight is 540 g/mol. The summed E-state index contributed by atoms with van der Waals surface area (Å²) in [6, 6.07) is 27.8. The molecule has 4 aromatic rings. The minimum Gasteiger partial charge on any atom is -0.478 e. The Hall–Kier alpha value is -4.69. The molecule has 0 unspecified atom stereocenters. The second kappa shape index (κ2) is 12.4. The molecule has 1 fully saturated rings. The third-order valence-corrected chi connectivity index (χ3v) is 6.87. The number of nitrogens with one attached hydrogen (secondary N) is 2. The molecule has 1 aliphatic heterocycles. The van der Waals surface area contributed by atoms with Crippen LogP contribution in [0.2, 0.25) is 0 Å². The lowest BCUT2D eigenvalue weighted by molar-refractivity contribution is 0.0696. The molecule has 40 heavy (non-hydrogen) atoms. The van der Waals surface area contributed by atoms with Crippen molar-refractivity contribution in [3.05, 3.63) is 120 Å². The van der Waals surface area contributed by atoms with Gasteiger partial charge in [0.2, 0.25) is 0 Å². The first-order chi connectivity index (χ1) is 19.4. The number of likely N-dealkylation sites (tertiary alicyclic amines) is 1. The fourth-order valence-electron chi connectivity index (χ4n) is 4.65. The normalized spacial score (nSPS) is 13.9. The molecule has 8 heteroatoms. The number of halogens is 1. The summed E-state index contributed by atoms with van der Waals surface area (Å²) in [4.78, 5) is 25.9. The van der Waals surface area contributed by atoms with Gasteiger partial charge < -0.3 is 20.5 Å². The number of carboxylic acid groups (broad SMARTS) is 1. The molecule has 0 saturated carbocycles. The first kappa shape index (κ1) is 26.9. The Balaban J connectivity index is 1.05. The number of carbonyl (C=O) groups excluding carboxylic acids is 1. The molecule has 0 aromatic heterocycles. The topological polar surface area (TPSA) is 90.9 Å². The summed E-state index contributed by atoms with van der Waals surface area (Å²) in [5.41, 5.74) is 3.50. The van der Waals surface area contributed by atoms with Crippen LogP contribution in [0.15, 0.2) is 97.1 Å². The van der Waals surface area contributed by atoms with E-state index in [1.54, 1.807) is 24.3 Å². The molecule has 4 aromatic carbocycles. The minimum absolute atomic E-state index is 0.226. The van der Waals surface area contributed by atoms with Crippen LogP contribution in [0.5, 0.6) is 11.5 Å². The molecule has 0 radical (unpaired) electrons. The van der Waals surface area contributed by atoms with Gasteiger partial charge in [0, 0.05) is 42.6 Å².